The number of ether oxygens (including phenoxy) is 1. The number of nitrogens with one attached hydrogen (secondary N) is 1. The van der Waals surface area contributed by atoms with Crippen LogP contribution in [0.3, 0.4) is 0 Å². The average molecular weight is 336 g/mol. The topological polar surface area (TPSA) is 58.6 Å². The molecule has 0 aromatic heterocycles. The summed E-state index contributed by atoms with van der Waals surface area (Å²) in [5, 5.41) is 2.54. The lowest BCUT2D eigenvalue weighted by atomic mass is 9.93. The molecule has 1 aliphatic rings. The van der Waals surface area contributed by atoms with Crippen molar-refractivity contribution in [1.82, 2.24) is 10.2 Å². The van der Waals surface area contributed by atoms with Crippen LogP contribution in [-0.4, -0.2) is 55.7 Å². The van der Waals surface area contributed by atoms with E-state index in [1.54, 1.807) is 0 Å². The van der Waals surface area contributed by atoms with Gasteiger partial charge >= 0.3 is 0 Å². The lowest BCUT2D eigenvalue weighted by Crippen LogP contribution is -2.56. The largest absolute Gasteiger partial charge is 0.383 e. The van der Waals surface area contributed by atoms with E-state index in [2.05, 4.69) is 5.32 Å². The SMILES string of the molecule is COCCNC(=O)C1(F)CCCN(C(=O)Cc2ccccc2C)C1. The summed E-state index contributed by atoms with van der Waals surface area (Å²) in [6, 6.07) is 7.65. The fraction of sp³-hybridized carbons (Fsp3) is 0.556. The third-order valence-electron chi connectivity index (χ3n) is 4.40. The molecule has 1 atom stereocenters. The summed E-state index contributed by atoms with van der Waals surface area (Å²) in [4.78, 5) is 26.1. The number of hydrogen-bond donors (Lipinski definition) is 1. The molecule has 132 valence electrons. The Morgan fingerprint density at radius 2 is 2.12 bits per heavy atom. The number of carbonyl (C=O) groups is 2. The fourth-order valence-corrected chi connectivity index (χ4v) is 2.92. The van der Waals surface area contributed by atoms with Crippen molar-refractivity contribution < 1.29 is 18.7 Å². The Hall–Kier alpha value is -1.95. The lowest BCUT2D eigenvalue weighted by Gasteiger charge is -2.36. The molecule has 1 fully saturated rings. The van der Waals surface area contributed by atoms with Gasteiger partial charge in [0.1, 0.15) is 0 Å². The Labute approximate surface area is 142 Å². The Morgan fingerprint density at radius 1 is 1.38 bits per heavy atom. The van der Waals surface area contributed by atoms with Crippen LogP contribution in [0.1, 0.15) is 24.0 Å². The van der Waals surface area contributed by atoms with Gasteiger partial charge in [0.15, 0.2) is 0 Å². The maximum absolute atomic E-state index is 15.0. The number of amides is 2. The molecule has 1 heterocycles. The van der Waals surface area contributed by atoms with E-state index in [0.717, 1.165) is 11.1 Å². The zero-order valence-electron chi connectivity index (χ0n) is 14.3. The Morgan fingerprint density at radius 3 is 2.83 bits per heavy atom. The highest BCUT2D eigenvalue weighted by molar-refractivity contribution is 5.87. The Kier molecular flexibility index (Phi) is 6.31. The van der Waals surface area contributed by atoms with Gasteiger partial charge in [0.25, 0.3) is 5.91 Å². The average Bonchev–Trinajstić information content (AvgIpc) is 2.57. The maximum atomic E-state index is 15.0. The smallest absolute Gasteiger partial charge is 0.259 e. The van der Waals surface area contributed by atoms with Crippen molar-refractivity contribution in [3.05, 3.63) is 35.4 Å². The van der Waals surface area contributed by atoms with Crippen molar-refractivity contribution >= 4 is 11.8 Å². The molecule has 2 amide bonds. The van der Waals surface area contributed by atoms with Gasteiger partial charge in [-0.1, -0.05) is 24.3 Å². The molecule has 1 aromatic carbocycles. The van der Waals surface area contributed by atoms with Crippen molar-refractivity contribution in [3.8, 4) is 0 Å². The standard InChI is InChI=1S/C18H25FN2O3/c1-14-6-3-4-7-15(14)12-16(22)21-10-5-8-18(19,13-21)17(23)20-9-11-24-2/h3-4,6-7H,5,8-13H2,1-2H3,(H,20,23). The maximum Gasteiger partial charge on any atom is 0.259 e. The first kappa shape index (κ1) is 18.4. The van der Waals surface area contributed by atoms with E-state index >= 15 is 0 Å². The van der Waals surface area contributed by atoms with Gasteiger partial charge in [-0.25, -0.2) is 4.39 Å². The molecule has 1 aliphatic heterocycles. The Balaban J connectivity index is 1.97. The fourth-order valence-electron chi connectivity index (χ4n) is 2.92. The van der Waals surface area contributed by atoms with E-state index < -0.39 is 11.6 Å². The van der Waals surface area contributed by atoms with E-state index in [-0.39, 0.29) is 31.8 Å². The summed E-state index contributed by atoms with van der Waals surface area (Å²) in [7, 11) is 1.52. The Bertz CT molecular complexity index is 593. The second kappa shape index (κ2) is 8.24. The van der Waals surface area contributed by atoms with E-state index in [1.807, 2.05) is 31.2 Å². The van der Waals surface area contributed by atoms with Crippen LogP contribution in [0.4, 0.5) is 4.39 Å². The molecule has 24 heavy (non-hydrogen) atoms. The lowest BCUT2D eigenvalue weighted by molar-refractivity contribution is -0.143. The molecule has 1 N–H and O–H groups in total. The van der Waals surface area contributed by atoms with Gasteiger partial charge < -0.3 is 15.0 Å². The van der Waals surface area contributed by atoms with Crippen molar-refractivity contribution in [2.45, 2.75) is 31.9 Å². The van der Waals surface area contributed by atoms with Gasteiger partial charge in [0.2, 0.25) is 11.6 Å². The number of aryl methyl sites for hydroxylation is 1. The summed E-state index contributed by atoms with van der Waals surface area (Å²) in [5.41, 5.74) is -0.0540. The predicted octanol–water partition coefficient (Wildman–Crippen LogP) is 1.63. The second-order valence-corrected chi connectivity index (χ2v) is 6.24. The van der Waals surface area contributed by atoms with Crippen LogP contribution in [0.15, 0.2) is 24.3 Å². The highest BCUT2D eigenvalue weighted by atomic mass is 19.1. The number of nitrogens with zero attached hydrogens (tertiary/aromatic N) is 1. The highest BCUT2D eigenvalue weighted by Gasteiger charge is 2.43. The molecule has 1 saturated heterocycles. The molecule has 6 heteroatoms. The minimum atomic E-state index is -2.02. The summed E-state index contributed by atoms with van der Waals surface area (Å²) < 4.78 is 19.8. The number of alkyl halides is 1. The van der Waals surface area contributed by atoms with E-state index in [1.165, 1.54) is 12.0 Å². The van der Waals surface area contributed by atoms with Gasteiger partial charge in [0.05, 0.1) is 19.6 Å². The molecular formula is C18H25FN2O3. The van der Waals surface area contributed by atoms with Crippen LogP contribution in [0.2, 0.25) is 0 Å². The number of methoxy groups -OCH3 is 1. The minimum Gasteiger partial charge on any atom is -0.383 e. The first-order chi connectivity index (χ1) is 11.5. The third-order valence-corrected chi connectivity index (χ3v) is 4.40. The van der Waals surface area contributed by atoms with Crippen LogP contribution in [0, 0.1) is 6.92 Å². The molecule has 0 spiro atoms. The van der Waals surface area contributed by atoms with Crippen LogP contribution in [0.25, 0.3) is 0 Å². The van der Waals surface area contributed by atoms with E-state index in [9.17, 15) is 14.0 Å². The number of carbonyl (C=O) groups excluding carboxylic acids is 2. The number of likely N-dealkylation sites (tertiary alicyclic amines) is 1. The normalized spacial score (nSPS) is 20.7. The molecule has 1 aromatic rings. The molecule has 5 nitrogen and oxygen atoms in total. The number of rotatable bonds is 6. The first-order valence-corrected chi connectivity index (χ1v) is 8.25. The van der Waals surface area contributed by atoms with Crippen LogP contribution in [-0.2, 0) is 20.7 Å². The second-order valence-electron chi connectivity index (χ2n) is 6.24. The van der Waals surface area contributed by atoms with Crippen molar-refractivity contribution in [2.75, 3.05) is 33.4 Å². The molecule has 0 bridgehead atoms. The van der Waals surface area contributed by atoms with Crippen LogP contribution >= 0.6 is 0 Å². The van der Waals surface area contributed by atoms with E-state index in [4.69, 9.17) is 4.74 Å². The molecule has 0 saturated carbocycles. The monoisotopic (exact) mass is 336 g/mol. The number of hydrogen-bond acceptors (Lipinski definition) is 3. The van der Waals surface area contributed by atoms with Gasteiger partial charge in [0, 0.05) is 20.2 Å². The van der Waals surface area contributed by atoms with Gasteiger partial charge in [-0.3, -0.25) is 9.59 Å². The number of benzene rings is 1. The zero-order chi connectivity index (χ0) is 17.6. The third kappa shape index (κ3) is 4.54. The first-order valence-electron chi connectivity index (χ1n) is 8.25. The van der Waals surface area contributed by atoms with Gasteiger partial charge in [-0.05, 0) is 30.9 Å². The summed E-state index contributed by atoms with van der Waals surface area (Å²) in [5.74, 6) is -0.802. The highest BCUT2D eigenvalue weighted by Crippen LogP contribution is 2.26. The van der Waals surface area contributed by atoms with Crippen molar-refractivity contribution in [3.63, 3.8) is 0 Å². The molecule has 0 radical (unpaired) electrons. The summed E-state index contributed by atoms with van der Waals surface area (Å²) in [6.45, 7) is 2.84. The van der Waals surface area contributed by atoms with E-state index in [0.29, 0.717) is 19.6 Å². The summed E-state index contributed by atoms with van der Waals surface area (Å²) >= 11 is 0. The molecule has 2 rings (SSSR count). The molecular weight excluding hydrogens is 311 g/mol. The zero-order valence-corrected chi connectivity index (χ0v) is 14.3. The quantitative estimate of drug-likeness (QED) is 0.804. The predicted molar refractivity (Wildman–Crippen MR) is 89.4 cm³/mol. The van der Waals surface area contributed by atoms with Gasteiger partial charge in [-0.2, -0.15) is 0 Å². The number of halogens is 1. The van der Waals surface area contributed by atoms with Crippen LogP contribution < -0.4 is 5.32 Å². The van der Waals surface area contributed by atoms with Crippen molar-refractivity contribution in [1.29, 1.82) is 0 Å². The molecule has 0 aliphatic carbocycles. The molecule has 1 unspecified atom stereocenters. The van der Waals surface area contributed by atoms with Crippen molar-refractivity contribution in [2.24, 2.45) is 0 Å². The van der Waals surface area contributed by atoms with Gasteiger partial charge in [-0.15, -0.1) is 0 Å². The minimum absolute atomic E-state index is 0.139. The number of piperidine rings is 1. The summed E-state index contributed by atoms with van der Waals surface area (Å²) in [6.07, 6.45) is 0.849. The van der Waals surface area contributed by atoms with Crippen LogP contribution in [0.5, 0.6) is 0 Å².